The van der Waals surface area contributed by atoms with E-state index in [2.05, 4.69) is 4.98 Å². The first-order chi connectivity index (χ1) is 9.79. The number of sulfone groups is 1. The van der Waals surface area contributed by atoms with Crippen molar-refractivity contribution >= 4 is 32.3 Å². The molecular formula is C14H17N3O3S. The number of benzene rings is 1. The lowest BCUT2D eigenvalue weighted by atomic mass is 10.1. The topological polar surface area (TPSA) is 93.4 Å². The van der Waals surface area contributed by atoms with Crippen LogP contribution in [0.25, 0.3) is 10.8 Å². The Kier molecular flexibility index (Phi) is 4.13. The van der Waals surface area contributed by atoms with Crippen molar-refractivity contribution in [2.24, 2.45) is 0 Å². The number of pyridine rings is 1. The minimum Gasteiger partial charge on any atom is -0.383 e. The van der Waals surface area contributed by atoms with Crippen LogP contribution in [-0.4, -0.2) is 49.8 Å². The van der Waals surface area contributed by atoms with Gasteiger partial charge in [0.2, 0.25) is 0 Å². The molecule has 1 amide bonds. The number of amides is 1. The lowest BCUT2D eigenvalue weighted by Crippen LogP contribution is -2.31. The van der Waals surface area contributed by atoms with E-state index in [4.69, 9.17) is 5.73 Å². The van der Waals surface area contributed by atoms with E-state index in [-0.39, 0.29) is 18.2 Å². The highest BCUT2D eigenvalue weighted by atomic mass is 32.2. The van der Waals surface area contributed by atoms with Gasteiger partial charge in [0.05, 0.1) is 11.3 Å². The van der Waals surface area contributed by atoms with E-state index < -0.39 is 9.84 Å². The number of aromatic nitrogens is 1. The Hall–Kier alpha value is -2.15. The van der Waals surface area contributed by atoms with Crippen LogP contribution in [0.5, 0.6) is 0 Å². The van der Waals surface area contributed by atoms with Gasteiger partial charge in [-0.05, 0) is 5.39 Å². The van der Waals surface area contributed by atoms with Crippen molar-refractivity contribution in [3.05, 3.63) is 36.0 Å². The summed E-state index contributed by atoms with van der Waals surface area (Å²) in [6.45, 7) is 0.135. The van der Waals surface area contributed by atoms with Gasteiger partial charge in [0.25, 0.3) is 5.91 Å². The molecule has 6 nitrogen and oxygen atoms in total. The van der Waals surface area contributed by atoms with Gasteiger partial charge in [0.15, 0.2) is 0 Å². The van der Waals surface area contributed by atoms with Gasteiger partial charge in [-0.25, -0.2) is 13.4 Å². The van der Waals surface area contributed by atoms with Gasteiger partial charge >= 0.3 is 0 Å². The first-order valence-electron chi connectivity index (χ1n) is 6.36. The standard InChI is InChI=1S/C14H17N3O3S/c1-17(7-8-21(2,19)20)14(18)12-9-16-13(15)11-6-4-3-5-10(11)12/h3-6,9H,7-8H2,1-2H3,(H2,15,16). The predicted octanol–water partition coefficient (Wildman–Crippen LogP) is 0.934. The summed E-state index contributed by atoms with van der Waals surface area (Å²) in [5.74, 6) is 0.0125. The minimum atomic E-state index is -3.11. The third kappa shape index (κ3) is 3.49. The molecule has 1 aromatic heterocycles. The molecule has 1 heterocycles. The van der Waals surface area contributed by atoms with Crippen LogP contribution in [0.15, 0.2) is 30.5 Å². The molecule has 7 heteroatoms. The highest BCUT2D eigenvalue weighted by Crippen LogP contribution is 2.23. The van der Waals surface area contributed by atoms with Crippen molar-refractivity contribution in [2.45, 2.75) is 0 Å². The number of carbonyl (C=O) groups excluding carboxylic acids is 1. The first-order valence-corrected chi connectivity index (χ1v) is 8.42. The molecule has 0 aliphatic heterocycles. The molecule has 0 atom stereocenters. The number of hydrogen-bond acceptors (Lipinski definition) is 5. The first kappa shape index (κ1) is 15.2. The van der Waals surface area contributed by atoms with Crippen molar-refractivity contribution in [3.63, 3.8) is 0 Å². The average Bonchev–Trinajstić information content (AvgIpc) is 2.44. The summed E-state index contributed by atoms with van der Waals surface area (Å²) in [5.41, 5.74) is 6.21. The molecule has 0 aliphatic rings. The Morgan fingerprint density at radius 1 is 1.29 bits per heavy atom. The van der Waals surface area contributed by atoms with E-state index in [0.717, 1.165) is 6.26 Å². The summed E-state index contributed by atoms with van der Waals surface area (Å²) < 4.78 is 22.4. The fourth-order valence-electron chi connectivity index (χ4n) is 1.99. The zero-order chi connectivity index (χ0) is 15.6. The Morgan fingerprint density at radius 2 is 1.90 bits per heavy atom. The van der Waals surface area contributed by atoms with Crippen molar-refractivity contribution in [3.8, 4) is 0 Å². The number of fused-ring (bicyclic) bond motifs is 1. The third-order valence-corrected chi connectivity index (χ3v) is 4.12. The number of hydrogen-bond donors (Lipinski definition) is 1. The van der Waals surface area contributed by atoms with Crippen LogP contribution in [0.4, 0.5) is 5.82 Å². The van der Waals surface area contributed by atoms with E-state index in [9.17, 15) is 13.2 Å². The molecule has 21 heavy (non-hydrogen) atoms. The zero-order valence-electron chi connectivity index (χ0n) is 11.9. The van der Waals surface area contributed by atoms with Crippen LogP contribution in [0.3, 0.4) is 0 Å². The third-order valence-electron chi connectivity index (χ3n) is 3.20. The van der Waals surface area contributed by atoms with Crippen molar-refractivity contribution in [2.75, 3.05) is 31.3 Å². The van der Waals surface area contributed by atoms with E-state index >= 15 is 0 Å². The molecule has 0 unspecified atom stereocenters. The Bertz CT molecular complexity index is 787. The summed E-state index contributed by atoms with van der Waals surface area (Å²) in [5, 5.41) is 1.42. The van der Waals surface area contributed by atoms with E-state index in [1.807, 2.05) is 12.1 Å². The number of rotatable bonds is 4. The van der Waals surface area contributed by atoms with Gasteiger partial charge in [-0.3, -0.25) is 4.79 Å². The van der Waals surface area contributed by atoms with Crippen LogP contribution in [0.1, 0.15) is 10.4 Å². The van der Waals surface area contributed by atoms with Gasteiger partial charge in [-0.2, -0.15) is 0 Å². The monoisotopic (exact) mass is 307 g/mol. The summed E-state index contributed by atoms with van der Waals surface area (Å²) in [6.07, 6.45) is 2.57. The second kappa shape index (κ2) is 5.69. The molecule has 112 valence electrons. The summed E-state index contributed by atoms with van der Waals surface area (Å²) in [6, 6.07) is 7.23. The van der Waals surface area contributed by atoms with Crippen molar-refractivity contribution < 1.29 is 13.2 Å². The highest BCUT2D eigenvalue weighted by Gasteiger charge is 2.17. The molecule has 0 fully saturated rings. The fourth-order valence-corrected chi connectivity index (χ4v) is 2.60. The summed E-state index contributed by atoms with van der Waals surface area (Å²) in [4.78, 5) is 17.8. The zero-order valence-corrected chi connectivity index (χ0v) is 12.7. The molecule has 0 spiro atoms. The predicted molar refractivity (Wildman–Crippen MR) is 82.8 cm³/mol. The Labute approximate surface area is 123 Å². The molecule has 2 aromatic rings. The van der Waals surface area contributed by atoms with Gasteiger partial charge in [0.1, 0.15) is 15.7 Å². The molecule has 0 saturated carbocycles. The molecule has 2 N–H and O–H groups in total. The lowest BCUT2D eigenvalue weighted by molar-refractivity contribution is 0.0805. The van der Waals surface area contributed by atoms with Crippen LogP contribution >= 0.6 is 0 Å². The molecular weight excluding hydrogens is 290 g/mol. The number of anilines is 1. The molecule has 0 radical (unpaired) electrons. The molecule has 0 bridgehead atoms. The summed E-state index contributed by atoms with van der Waals surface area (Å²) >= 11 is 0. The number of nitrogens with zero attached hydrogens (tertiary/aromatic N) is 2. The van der Waals surface area contributed by atoms with Crippen molar-refractivity contribution in [1.82, 2.24) is 9.88 Å². The number of carbonyl (C=O) groups is 1. The molecule has 1 aromatic carbocycles. The molecule has 0 aliphatic carbocycles. The quantitative estimate of drug-likeness (QED) is 0.907. The summed E-state index contributed by atoms with van der Waals surface area (Å²) in [7, 11) is -1.55. The Balaban J connectivity index is 2.34. The van der Waals surface area contributed by atoms with Crippen LogP contribution < -0.4 is 5.73 Å². The normalized spacial score (nSPS) is 11.5. The SMILES string of the molecule is CN(CCS(C)(=O)=O)C(=O)c1cnc(N)c2ccccc12. The van der Waals surface area contributed by atoms with Gasteiger partial charge in [-0.15, -0.1) is 0 Å². The number of nitrogen functional groups attached to an aromatic ring is 1. The van der Waals surface area contributed by atoms with E-state index in [1.165, 1.54) is 11.1 Å². The van der Waals surface area contributed by atoms with Gasteiger partial charge in [-0.1, -0.05) is 24.3 Å². The smallest absolute Gasteiger partial charge is 0.255 e. The highest BCUT2D eigenvalue weighted by molar-refractivity contribution is 7.90. The van der Waals surface area contributed by atoms with Crippen LogP contribution in [0.2, 0.25) is 0 Å². The minimum absolute atomic E-state index is 0.0738. The Morgan fingerprint density at radius 3 is 2.52 bits per heavy atom. The second-order valence-electron chi connectivity index (χ2n) is 4.96. The largest absolute Gasteiger partial charge is 0.383 e. The molecule has 2 rings (SSSR count). The van der Waals surface area contributed by atoms with Gasteiger partial charge in [0, 0.05) is 31.4 Å². The maximum Gasteiger partial charge on any atom is 0.255 e. The second-order valence-corrected chi connectivity index (χ2v) is 7.22. The lowest BCUT2D eigenvalue weighted by Gasteiger charge is -2.17. The van der Waals surface area contributed by atoms with E-state index in [0.29, 0.717) is 22.2 Å². The van der Waals surface area contributed by atoms with Crippen LogP contribution in [-0.2, 0) is 9.84 Å². The number of nitrogens with two attached hydrogens (primary N) is 1. The van der Waals surface area contributed by atoms with Gasteiger partial charge < -0.3 is 10.6 Å². The average molecular weight is 307 g/mol. The van der Waals surface area contributed by atoms with Crippen molar-refractivity contribution in [1.29, 1.82) is 0 Å². The fraction of sp³-hybridized carbons (Fsp3) is 0.286. The maximum absolute atomic E-state index is 12.4. The van der Waals surface area contributed by atoms with E-state index in [1.54, 1.807) is 19.2 Å². The maximum atomic E-state index is 12.4. The van der Waals surface area contributed by atoms with Crippen LogP contribution in [0, 0.1) is 0 Å². The molecule has 0 saturated heterocycles.